The number of hydrogen-bond acceptors (Lipinski definition) is 4. The van der Waals surface area contributed by atoms with Crippen LogP contribution in [0.1, 0.15) is 17.0 Å². The molecule has 0 aliphatic heterocycles. The molecule has 0 aromatic heterocycles. The fourth-order valence-electron chi connectivity index (χ4n) is 3.87. The normalized spacial score (nSPS) is 12.9. The Morgan fingerprint density at radius 2 is 1.78 bits per heavy atom. The van der Waals surface area contributed by atoms with Crippen molar-refractivity contribution in [2.45, 2.75) is 23.8 Å². The molecule has 0 amide bonds. The second-order valence-corrected chi connectivity index (χ2v) is 10.1. The summed E-state index contributed by atoms with van der Waals surface area (Å²) in [7, 11) is -3.72. The first kappa shape index (κ1) is 25.2. The third-order valence-electron chi connectivity index (χ3n) is 5.95. The van der Waals surface area contributed by atoms with Gasteiger partial charge in [0.15, 0.2) is 0 Å². The molecule has 183 valence electrons. The SMILES string of the molecule is C=CC(O)C(COc1c[c]ccc1)c1cccc(-c2ccc(C)c(NS(=O)(=O)c3ccccc3)c2)c1. The van der Waals surface area contributed by atoms with Crippen LogP contribution in [-0.2, 0) is 10.0 Å². The van der Waals surface area contributed by atoms with E-state index < -0.39 is 16.1 Å². The topological polar surface area (TPSA) is 75.6 Å². The van der Waals surface area contributed by atoms with Crippen LogP contribution in [0, 0.1) is 13.0 Å². The number of nitrogens with one attached hydrogen (secondary N) is 1. The van der Waals surface area contributed by atoms with E-state index in [9.17, 15) is 13.5 Å². The largest absolute Gasteiger partial charge is 0.493 e. The Kier molecular flexibility index (Phi) is 7.88. The molecule has 0 spiro atoms. The first-order chi connectivity index (χ1) is 17.4. The van der Waals surface area contributed by atoms with Crippen molar-refractivity contribution in [1.82, 2.24) is 0 Å². The van der Waals surface area contributed by atoms with E-state index in [1.807, 2.05) is 61.5 Å². The van der Waals surface area contributed by atoms with E-state index in [2.05, 4.69) is 17.4 Å². The monoisotopic (exact) mass is 498 g/mol. The van der Waals surface area contributed by atoms with Crippen LogP contribution in [-0.4, -0.2) is 26.2 Å². The molecule has 5 nitrogen and oxygen atoms in total. The smallest absolute Gasteiger partial charge is 0.261 e. The second-order valence-electron chi connectivity index (χ2n) is 8.46. The molecule has 0 aliphatic rings. The van der Waals surface area contributed by atoms with Crippen molar-refractivity contribution in [3.8, 4) is 16.9 Å². The molecule has 36 heavy (non-hydrogen) atoms. The highest BCUT2D eigenvalue weighted by Gasteiger charge is 2.21. The van der Waals surface area contributed by atoms with Gasteiger partial charge in [0.05, 0.1) is 23.3 Å². The first-order valence-electron chi connectivity index (χ1n) is 11.6. The molecule has 2 N–H and O–H groups in total. The van der Waals surface area contributed by atoms with E-state index in [0.717, 1.165) is 22.3 Å². The van der Waals surface area contributed by atoms with Crippen molar-refractivity contribution in [1.29, 1.82) is 0 Å². The molecular weight excluding hydrogens is 470 g/mol. The van der Waals surface area contributed by atoms with Gasteiger partial charge in [-0.15, -0.1) is 6.58 Å². The van der Waals surface area contributed by atoms with Gasteiger partial charge in [-0.2, -0.15) is 0 Å². The van der Waals surface area contributed by atoms with E-state index in [-0.39, 0.29) is 17.4 Å². The molecule has 6 heteroatoms. The Morgan fingerprint density at radius 1 is 1.00 bits per heavy atom. The lowest BCUT2D eigenvalue weighted by atomic mass is 9.91. The molecule has 0 saturated heterocycles. The zero-order valence-corrected chi connectivity index (χ0v) is 20.8. The van der Waals surface area contributed by atoms with Gasteiger partial charge in [0.25, 0.3) is 10.0 Å². The molecule has 0 saturated carbocycles. The summed E-state index contributed by atoms with van der Waals surface area (Å²) in [6.07, 6.45) is 0.694. The fourth-order valence-corrected chi connectivity index (χ4v) is 5.02. The lowest BCUT2D eigenvalue weighted by molar-refractivity contribution is 0.151. The minimum absolute atomic E-state index is 0.203. The molecule has 4 aromatic carbocycles. The number of ether oxygens (including phenoxy) is 1. The number of sulfonamides is 1. The first-order valence-corrected chi connectivity index (χ1v) is 13.0. The molecular formula is C30H28NO4S. The molecule has 0 aliphatic carbocycles. The van der Waals surface area contributed by atoms with Crippen LogP contribution in [0.5, 0.6) is 5.75 Å². The standard InChI is InChI=1S/C30H28NO4S/c1-3-30(32)28(21-35-26-13-6-4-7-14-26)25-12-10-11-23(19-25)24-18-17-22(2)29(20-24)31-36(33,34)27-15-8-5-9-16-27/h3-6,8-20,28,30-32H,1,21H2,2H3. The summed E-state index contributed by atoms with van der Waals surface area (Å²) in [5, 5.41) is 10.6. The highest BCUT2D eigenvalue weighted by molar-refractivity contribution is 7.92. The van der Waals surface area contributed by atoms with Gasteiger partial charge in [0, 0.05) is 5.92 Å². The van der Waals surface area contributed by atoms with E-state index in [1.165, 1.54) is 6.08 Å². The van der Waals surface area contributed by atoms with Gasteiger partial charge in [0.1, 0.15) is 5.75 Å². The van der Waals surface area contributed by atoms with Gasteiger partial charge >= 0.3 is 0 Å². The van der Waals surface area contributed by atoms with Crippen molar-refractivity contribution in [3.05, 3.63) is 127 Å². The maximum atomic E-state index is 12.9. The number of aryl methyl sites for hydroxylation is 1. The number of anilines is 1. The van der Waals surface area contributed by atoms with Crippen LogP contribution in [0.25, 0.3) is 11.1 Å². The number of aliphatic hydroxyl groups is 1. The van der Waals surface area contributed by atoms with Crippen LogP contribution in [0.3, 0.4) is 0 Å². The van der Waals surface area contributed by atoms with Crippen molar-refractivity contribution in [2.24, 2.45) is 0 Å². The Hall–Kier alpha value is -3.87. The Morgan fingerprint density at radius 3 is 2.50 bits per heavy atom. The predicted octanol–water partition coefficient (Wildman–Crippen LogP) is 5.97. The van der Waals surface area contributed by atoms with Crippen molar-refractivity contribution >= 4 is 15.7 Å². The predicted molar refractivity (Wildman–Crippen MR) is 144 cm³/mol. The van der Waals surface area contributed by atoms with Crippen LogP contribution in [0.4, 0.5) is 5.69 Å². The zero-order valence-electron chi connectivity index (χ0n) is 20.0. The van der Waals surface area contributed by atoms with E-state index in [4.69, 9.17) is 4.74 Å². The molecule has 0 bridgehead atoms. The van der Waals surface area contributed by atoms with E-state index >= 15 is 0 Å². The molecule has 2 atom stereocenters. The van der Waals surface area contributed by atoms with Crippen LogP contribution in [0.2, 0.25) is 0 Å². The Labute approximate surface area is 212 Å². The van der Waals surface area contributed by atoms with Crippen molar-refractivity contribution in [3.63, 3.8) is 0 Å². The molecule has 1 radical (unpaired) electrons. The van der Waals surface area contributed by atoms with Crippen LogP contribution in [0.15, 0.2) is 115 Å². The number of benzene rings is 4. The third kappa shape index (κ3) is 6.03. The van der Waals surface area contributed by atoms with Crippen molar-refractivity contribution < 1.29 is 18.3 Å². The van der Waals surface area contributed by atoms with Gasteiger partial charge in [-0.3, -0.25) is 4.72 Å². The summed E-state index contributed by atoms with van der Waals surface area (Å²) in [5.74, 6) is 0.327. The van der Waals surface area contributed by atoms with E-state index in [0.29, 0.717) is 11.4 Å². The fraction of sp³-hybridized carbons (Fsp3) is 0.133. The molecule has 0 heterocycles. The third-order valence-corrected chi connectivity index (χ3v) is 7.33. The summed E-state index contributed by atoms with van der Waals surface area (Å²) in [4.78, 5) is 0.203. The number of hydrogen-bond donors (Lipinski definition) is 2. The van der Waals surface area contributed by atoms with Gasteiger partial charge in [-0.1, -0.05) is 72.8 Å². The minimum atomic E-state index is -3.72. The summed E-state index contributed by atoms with van der Waals surface area (Å²) >= 11 is 0. The van der Waals surface area contributed by atoms with Crippen LogP contribution < -0.4 is 9.46 Å². The summed E-state index contributed by atoms with van der Waals surface area (Å²) in [6.45, 7) is 5.86. The maximum Gasteiger partial charge on any atom is 0.261 e. The minimum Gasteiger partial charge on any atom is -0.493 e. The highest BCUT2D eigenvalue weighted by atomic mass is 32.2. The Bertz CT molecular complexity index is 1420. The molecule has 0 fully saturated rings. The molecule has 2 unspecified atom stereocenters. The average molecular weight is 499 g/mol. The molecule has 4 rings (SSSR count). The van der Waals surface area contributed by atoms with Gasteiger partial charge in [0.2, 0.25) is 0 Å². The summed E-state index contributed by atoms with van der Waals surface area (Å²) in [6, 6.07) is 31.9. The lowest BCUT2D eigenvalue weighted by Gasteiger charge is -2.22. The summed E-state index contributed by atoms with van der Waals surface area (Å²) in [5.41, 5.74) is 3.93. The van der Waals surface area contributed by atoms with E-state index in [1.54, 1.807) is 42.5 Å². The average Bonchev–Trinajstić information content (AvgIpc) is 2.91. The van der Waals surface area contributed by atoms with Crippen LogP contribution >= 0.6 is 0 Å². The summed E-state index contributed by atoms with van der Waals surface area (Å²) < 4.78 is 34.4. The van der Waals surface area contributed by atoms with Gasteiger partial charge in [-0.05, 0) is 65.6 Å². The zero-order chi connectivity index (χ0) is 25.5. The maximum absolute atomic E-state index is 12.9. The lowest BCUT2D eigenvalue weighted by Crippen LogP contribution is -2.22. The van der Waals surface area contributed by atoms with Gasteiger partial charge < -0.3 is 9.84 Å². The second kappa shape index (κ2) is 11.2. The van der Waals surface area contributed by atoms with Gasteiger partial charge in [-0.25, -0.2) is 8.42 Å². The molecule has 4 aromatic rings. The Balaban J connectivity index is 1.62. The quantitative estimate of drug-likeness (QED) is 0.264. The number of aliphatic hydroxyl groups excluding tert-OH is 1. The highest BCUT2D eigenvalue weighted by Crippen LogP contribution is 2.31. The van der Waals surface area contributed by atoms with Crippen molar-refractivity contribution in [2.75, 3.05) is 11.3 Å². The number of rotatable bonds is 10.